The van der Waals surface area contributed by atoms with Crippen molar-refractivity contribution in [1.82, 2.24) is 0 Å². The summed E-state index contributed by atoms with van der Waals surface area (Å²) in [4.78, 5) is 0. The lowest BCUT2D eigenvalue weighted by molar-refractivity contribution is 0.113. The van der Waals surface area contributed by atoms with Gasteiger partial charge in [0.1, 0.15) is 0 Å². The van der Waals surface area contributed by atoms with Gasteiger partial charge in [-0.05, 0) is 25.3 Å². The van der Waals surface area contributed by atoms with Gasteiger partial charge in [0.25, 0.3) is 0 Å². The molecule has 0 aromatic heterocycles. The SMILES string of the molecule is C=C(CO)[C@H]1CC=C(C)C[C@@H]1O. The molecule has 1 rings (SSSR count). The van der Waals surface area contributed by atoms with E-state index in [4.69, 9.17) is 5.11 Å². The van der Waals surface area contributed by atoms with Crippen molar-refractivity contribution in [3.05, 3.63) is 23.8 Å². The average molecular weight is 168 g/mol. The third-order valence-corrected chi connectivity index (χ3v) is 2.44. The van der Waals surface area contributed by atoms with E-state index in [1.165, 1.54) is 5.57 Å². The fourth-order valence-electron chi connectivity index (χ4n) is 1.60. The summed E-state index contributed by atoms with van der Waals surface area (Å²) in [5.74, 6) is 0.0544. The first-order valence-electron chi connectivity index (χ1n) is 4.27. The molecule has 68 valence electrons. The average Bonchev–Trinajstić information content (AvgIpc) is 2.03. The van der Waals surface area contributed by atoms with Crippen molar-refractivity contribution in [2.75, 3.05) is 6.61 Å². The van der Waals surface area contributed by atoms with Gasteiger partial charge in [-0.3, -0.25) is 0 Å². The molecule has 0 radical (unpaired) electrons. The molecule has 0 bridgehead atoms. The summed E-state index contributed by atoms with van der Waals surface area (Å²) < 4.78 is 0. The third-order valence-electron chi connectivity index (χ3n) is 2.44. The smallest absolute Gasteiger partial charge is 0.0646 e. The number of hydrogen-bond acceptors (Lipinski definition) is 2. The Bertz CT molecular complexity index is 206. The van der Waals surface area contributed by atoms with Crippen LogP contribution in [0.15, 0.2) is 23.8 Å². The first-order chi connectivity index (χ1) is 5.65. The first-order valence-corrected chi connectivity index (χ1v) is 4.27. The van der Waals surface area contributed by atoms with Gasteiger partial charge in [-0.2, -0.15) is 0 Å². The highest BCUT2D eigenvalue weighted by Crippen LogP contribution is 2.28. The molecule has 0 amide bonds. The number of rotatable bonds is 2. The van der Waals surface area contributed by atoms with E-state index in [2.05, 4.69) is 12.7 Å². The van der Waals surface area contributed by atoms with Crippen LogP contribution in [0.5, 0.6) is 0 Å². The van der Waals surface area contributed by atoms with Crippen LogP contribution in [0.4, 0.5) is 0 Å². The summed E-state index contributed by atoms with van der Waals surface area (Å²) in [6.45, 7) is 5.73. The molecule has 12 heavy (non-hydrogen) atoms. The second-order valence-corrected chi connectivity index (χ2v) is 3.48. The molecule has 2 atom stereocenters. The minimum Gasteiger partial charge on any atom is -0.392 e. The van der Waals surface area contributed by atoms with Crippen LogP contribution in [0.2, 0.25) is 0 Å². The van der Waals surface area contributed by atoms with Crippen molar-refractivity contribution in [3.63, 3.8) is 0 Å². The summed E-state index contributed by atoms with van der Waals surface area (Å²) in [6, 6.07) is 0. The molecule has 0 aromatic rings. The number of allylic oxidation sites excluding steroid dienone is 1. The molecule has 0 aliphatic heterocycles. The molecule has 0 saturated carbocycles. The van der Waals surface area contributed by atoms with Gasteiger partial charge < -0.3 is 10.2 Å². The molecule has 2 N–H and O–H groups in total. The predicted molar refractivity (Wildman–Crippen MR) is 48.7 cm³/mol. The van der Waals surface area contributed by atoms with Crippen LogP contribution in [0, 0.1) is 5.92 Å². The minimum absolute atomic E-state index is 0.0192. The molecule has 0 spiro atoms. The van der Waals surface area contributed by atoms with E-state index in [0.29, 0.717) is 6.42 Å². The van der Waals surface area contributed by atoms with Gasteiger partial charge in [0.05, 0.1) is 12.7 Å². The maximum absolute atomic E-state index is 9.63. The first kappa shape index (κ1) is 9.49. The largest absolute Gasteiger partial charge is 0.392 e. The van der Waals surface area contributed by atoms with E-state index >= 15 is 0 Å². The molecule has 1 aliphatic rings. The van der Waals surface area contributed by atoms with Crippen LogP contribution in [-0.4, -0.2) is 22.9 Å². The van der Waals surface area contributed by atoms with E-state index < -0.39 is 0 Å². The normalized spacial score (nSPS) is 29.8. The van der Waals surface area contributed by atoms with Crippen molar-refractivity contribution in [1.29, 1.82) is 0 Å². The van der Waals surface area contributed by atoms with Crippen molar-refractivity contribution in [2.24, 2.45) is 5.92 Å². The van der Waals surface area contributed by atoms with Crippen molar-refractivity contribution >= 4 is 0 Å². The second-order valence-electron chi connectivity index (χ2n) is 3.48. The molecule has 2 nitrogen and oxygen atoms in total. The number of aliphatic hydroxyl groups is 2. The monoisotopic (exact) mass is 168 g/mol. The summed E-state index contributed by atoms with van der Waals surface area (Å²) in [6.07, 6.45) is 3.28. The van der Waals surface area contributed by atoms with Crippen molar-refractivity contribution < 1.29 is 10.2 Å². The molecule has 0 unspecified atom stereocenters. The second kappa shape index (κ2) is 3.87. The molecule has 0 aromatic carbocycles. The summed E-state index contributed by atoms with van der Waals surface area (Å²) in [7, 11) is 0. The van der Waals surface area contributed by atoms with Crippen LogP contribution < -0.4 is 0 Å². The Morgan fingerprint density at radius 3 is 2.92 bits per heavy atom. The third kappa shape index (κ3) is 1.96. The Kier molecular flexibility index (Phi) is 3.06. The molecule has 0 saturated heterocycles. The molecular weight excluding hydrogens is 152 g/mol. The molecule has 0 heterocycles. The van der Waals surface area contributed by atoms with Gasteiger partial charge in [0.2, 0.25) is 0 Å². The highest BCUT2D eigenvalue weighted by atomic mass is 16.3. The molecule has 0 fully saturated rings. The number of hydrogen-bond donors (Lipinski definition) is 2. The topological polar surface area (TPSA) is 40.5 Å². The number of aliphatic hydroxyl groups excluding tert-OH is 2. The lowest BCUT2D eigenvalue weighted by Gasteiger charge is -2.27. The lowest BCUT2D eigenvalue weighted by Crippen LogP contribution is -2.26. The van der Waals surface area contributed by atoms with Crippen molar-refractivity contribution in [3.8, 4) is 0 Å². The van der Waals surface area contributed by atoms with E-state index in [1.54, 1.807) is 0 Å². The van der Waals surface area contributed by atoms with E-state index in [9.17, 15) is 5.11 Å². The molecule has 1 aliphatic carbocycles. The zero-order valence-corrected chi connectivity index (χ0v) is 7.45. The highest BCUT2D eigenvalue weighted by molar-refractivity contribution is 5.14. The Morgan fingerprint density at radius 1 is 1.75 bits per heavy atom. The van der Waals surface area contributed by atoms with Gasteiger partial charge in [-0.1, -0.05) is 18.2 Å². The summed E-state index contributed by atoms with van der Waals surface area (Å²) in [5, 5.41) is 18.5. The van der Waals surface area contributed by atoms with Crippen LogP contribution >= 0.6 is 0 Å². The van der Waals surface area contributed by atoms with Gasteiger partial charge >= 0.3 is 0 Å². The molecule has 2 heteroatoms. The standard InChI is InChI=1S/C10H16O2/c1-7-3-4-9(8(2)6-11)10(12)5-7/h3,9-12H,2,4-6H2,1H3/t9-,10+/m1/s1. The zero-order valence-electron chi connectivity index (χ0n) is 7.45. The van der Waals surface area contributed by atoms with Crippen LogP contribution in [0.1, 0.15) is 19.8 Å². The van der Waals surface area contributed by atoms with E-state index in [-0.39, 0.29) is 18.6 Å². The van der Waals surface area contributed by atoms with Gasteiger partial charge in [-0.25, -0.2) is 0 Å². The van der Waals surface area contributed by atoms with Gasteiger partial charge in [0.15, 0.2) is 0 Å². The Morgan fingerprint density at radius 2 is 2.42 bits per heavy atom. The predicted octanol–water partition coefficient (Wildman–Crippen LogP) is 1.25. The fourth-order valence-corrected chi connectivity index (χ4v) is 1.60. The Hall–Kier alpha value is -0.600. The maximum Gasteiger partial charge on any atom is 0.0646 e. The summed E-state index contributed by atoms with van der Waals surface area (Å²) >= 11 is 0. The van der Waals surface area contributed by atoms with Crippen LogP contribution in [-0.2, 0) is 0 Å². The minimum atomic E-state index is -0.352. The zero-order chi connectivity index (χ0) is 9.14. The van der Waals surface area contributed by atoms with Crippen molar-refractivity contribution in [2.45, 2.75) is 25.9 Å². The quantitative estimate of drug-likeness (QED) is 0.609. The summed E-state index contributed by atoms with van der Waals surface area (Å²) in [5.41, 5.74) is 1.97. The Balaban J connectivity index is 2.63. The van der Waals surface area contributed by atoms with Crippen LogP contribution in [0.25, 0.3) is 0 Å². The fraction of sp³-hybridized carbons (Fsp3) is 0.600. The van der Waals surface area contributed by atoms with Gasteiger partial charge in [0, 0.05) is 5.92 Å². The van der Waals surface area contributed by atoms with E-state index in [0.717, 1.165) is 12.0 Å². The van der Waals surface area contributed by atoms with E-state index in [1.807, 2.05) is 6.92 Å². The van der Waals surface area contributed by atoms with Gasteiger partial charge in [-0.15, -0.1) is 0 Å². The van der Waals surface area contributed by atoms with Crippen LogP contribution in [0.3, 0.4) is 0 Å². The lowest BCUT2D eigenvalue weighted by atomic mass is 9.83. The Labute approximate surface area is 73.2 Å². The highest BCUT2D eigenvalue weighted by Gasteiger charge is 2.24. The maximum atomic E-state index is 9.63. The molecular formula is C10H16O2.